The molecule has 0 heterocycles. The third-order valence-corrected chi connectivity index (χ3v) is 1.66. The molecule has 92 valence electrons. The van der Waals surface area contributed by atoms with Crippen molar-refractivity contribution in [2.45, 2.75) is 0 Å². The Morgan fingerprint density at radius 3 is 2.82 bits per heavy atom. The van der Waals surface area contributed by atoms with Crippen molar-refractivity contribution in [3.05, 3.63) is 30.1 Å². The molecule has 0 aliphatic rings. The zero-order valence-electron chi connectivity index (χ0n) is 8.90. The number of halogens is 1. The average molecular weight is 241 g/mol. The molecule has 0 saturated heterocycles. The summed E-state index contributed by atoms with van der Waals surface area (Å²) in [5, 5.41) is 2.43. The molecule has 4 N–H and O–H groups in total. The van der Waals surface area contributed by atoms with Crippen LogP contribution in [0.5, 0.6) is 0 Å². The van der Waals surface area contributed by atoms with E-state index in [9.17, 15) is 14.0 Å². The minimum atomic E-state index is -0.650. The molecule has 1 rings (SSSR count). The quantitative estimate of drug-likeness (QED) is 0.473. The average Bonchev–Trinajstić information content (AvgIpc) is 2.24. The second-order valence-electron chi connectivity index (χ2n) is 3.13. The van der Waals surface area contributed by atoms with Crippen LogP contribution in [0.15, 0.2) is 24.3 Å². The molecular weight excluding hydrogens is 229 g/mol. The number of carbonyl (C=O) groups is 2. The highest BCUT2D eigenvalue weighted by Gasteiger charge is 2.03. The Morgan fingerprint density at radius 2 is 2.18 bits per heavy atom. The standard InChI is InChI=1S/C10H12FN3O3/c11-7-2-1-3-8(4-7)14-10(16)5-13-17-6-9(12)15/h1-4,13H,5-6H2,(H2,12,15)(H,14,16). The van der Waals surface area contributed by atoms with Gasteiger partial charge in [0.15, 0.2) is 0 Å². The van der Waals surface area contributed by atoms with Gasteiger partial charge in [-0.3, -0.25) is 14.4 Å². The molecule has 0 spiro atoms. The number of hydrogen-bond donors (Lipinski definition) is 3. The predicted octanol–water partition coefficient (Wildman–Crippen LogP) is -0.229. The first kappa shape index (κ1) is 13.1. The monoisotopic (exact) mass is 241 g/mol. The minimum absolute atomic E-state index is 0.177. The first-order chi connectivity index (χ1) is 8.08. The lowest BCUT2D eigenvalue weighted by molar-refractivity contribution is -0.127. The first-order valence-electron chi connectivity index (χ1n) is 4.76. The van der Waals surface area contributed by atoms with Crippen molar-refractivity contribution in [1.29, 1.82) is 0 Å². The van der Waals surface area contributed by atoms with Gasteiger partial charge in [-0.25, -0.2) is 4.39 Å². The van der Waals surface area contributed by atoms with Gasteiger partial charge in [-0.05, 0) is 18.2 Å². The van der Waals surface area contributed by atoms with Gasteiger partial charge in [-0.2, -0.15) is 5.48 Å². The van der Waals surface area contributed by atoms with Gasteiger partial charge >= 0.3 is 0 Å². The molecule has 0 fully saturated rings. The van der Waals surface area contributed by atoms with Crippen molar-refractivity contribution in [3.8, 4) is 0 Å². The maximum atomic E-state index is 12.8. The number of primary amides is 1. The summed E-state index contributed by atoms with van der Waals surface area (Å²) in [6, 6.07) is 5.47. The van der Waals surface area contributed by atoms with Gasteiger partial charge in [0, 0.05) is 5.69 Å². The van der Waals surface area contributed by atoms with Gasteiger partial charge in [0.05, 0.1) is 0 Å². The molecule has 7 heteroatoms. The van der Waals surface area contributed by atoms with E-state index in [1.165, 1.54) is 18.2 Å². The van der Waals surface area contributed by atoms with Crippen LogP contribution in [0.1, 0.15) is 0 Å². The maximum absolute atomic E-state index is 12.8. The molecule has 0 saturated carbocycles. The van der Waals surface area contributed by atoms with Gasteiger partial charge in [-0.1, -0.05) is 6.07 Å². The van der Waals surface area contributed by atoms with Gasteiger partial charge in [-0.15, -0.1) is 0 Å². The van der Waals surface area contributed by atoms with Gasteiger partial charge in [0.2, 0.25) is 11.8 Å². The second-order valence-corrected chi connectivity index (χ2v) is 3.13. The summed E-state index contributed by atoms with van der Waals surface area (Å²) in [6.07, 6.45) is 0. The first-order valence-corrected chi connectivity index (χ1v) is 4.76. The van der Waals surface area contributed by atoms with Crippen LogP contribution >= 0.6 is 0 Å². The van der Waals surface area contributed by atoms with Crippen LogP contribution < -0.4 is 16.5 Å². The van der Waals surface area contributed by atoms with E-state index in [-0.39, 0.29) is 13.2 Å². The molecule has 0 aromatic heterocycles. The molecule has 17 heavy (non-hydrogen) atoms. The van der Waals surface area contributed by atoms with Crippen LogP contribution in [0.2, 0.25) is 0 Å². The fourth-order valence-corrected chi connectivity index (χ4v) is 1.01. The Kier molecular flexibility index (Phi) is 5.05. The number of nitrogens with one attached hydrogen (secondary N) is 2. The van der Waals surface area contributed by atoms with E-state index in [4.69, 9.17) is 5.73 Å². The van der Waals surface area contributed by atoms with E-state index in [0.717, 1.165) is 0 Å². The summed E-state index contributed by atoms with van der Waals surface area (Å²) in [5.41, 5.74) is 7.39. The number of rotatable bonds is 6. The Labute approximate surface area is 96.9 Å². The number of amides is 2. The van der Waals surface area contributed by atoms with E-state index in [1.807, 2.05) is 0 Å². The van der Waals surface area contributed by atoms with E-state index in [2.05, 4.69) is 15.6 Å². The Bertz CT molecular complexity index is 412. The highest BCUT2D eigenvalue weighted by atomic mass is 19.1. The van der Waals surface area contributed by atoms with Crippen molar-refractivity contribution < 1.29 is 18.8 Å². The van der Waals surface area contributed by atoms with E-state index in [0.29, 0.717) is 5.69 Å². The zero-order valence-corrected chi connectivity index (χ0v) is 8.90. The molecule has 2 amide bonds. The Hall–Kier alpha value is -1.99. The third-order valence-electron chi connectivity index (χ3n) is 1.66. The van der Waals surface area contributed by atoms with Crippen molar-refractivity contribution in [2.75, 3.05) is 18.5 Å². The van der Waals surface area contributed by atoms with E-state index >= 15 is 0 Å². The zero-order chi connectivity index (χ0) is 12.7. The van der Waals surface area contributed by atoms with Gasteiger partial charge < -0.3 is 11.1 Å². The molecule has 0 bridgehead atoms. The summed E-state index contributed by atoms with van der Waals surface area (Å²) in [5.74, 6) is -1.52. The van der Waals surface area contributed by atoms with Crippen molar-refractivity contribution in [2.24, 2.45) is 5.73 Å². The van der Waals surface area contributed by atoms with Crippen LogP contribution in [0, 0.1) is 5.82 Å². The highest BCUT2D eigenvalue weighted by Crippen LogP contribution is 2.08. The molecule has 6 nitrogen and oxygen atoms in total. The number of nitrogens with two attached hydrogens (primary N) is 1. The predicted molar refractivity (Wildman–Crippen MR) is 58.2 cm³/mol. The van der Waals surface area contributed by atoms with Gasteiger partial charge in [0.25, 0.3) is 0 Å². The third kappa shape index (κ3) is 5.59. The summed E-state index contributed by atoms with van der Waals surface area (Å²) >= 11 is 0. The lowest BCUT2D eigenvalue weighted by atomic mass is 10.3. The highest BCUT2D eigenvalue weighted by molar-refractivity contribution is 5.92. The number of hydroxylamine groups is 1. The summed E-state index contributed by atoms with van der Waals surface area (Å²) < 4.78 is 12.8. The largest absolute Gasteiger partial charge is 0.368 e. The van der Waals surface area contributed by atoms with E-state index < -0.39 is 17.6 Å². The summed E-state index contributed by atoms with van der Waals surface area (Å²) in [7, 11) is 0. The molecule has 0 unspecified atom stereocenters. The van der Waals surface area contributed by atoms with Crippen LogP contribution in [0.25, 0.3) is 0 Å². The molecule has 0 aliphatic carbocycles. The molecule has 1 aromatic rings. The van der Waals surface area contributed by atoms with Crippen LogP contribution in [0.4, 0.5) is 10.1 Å². The number of anilines is 1. The fourth-order valence-electron chi connectivity index (χ4n) is 1.01. The topological polar surface area (TPSA) is 93.5 Å². The lowest BCUT2D eigenvalue weighted by Crippen LogP contribution is -2.31. The number of hydrogen-bond acceptors (Lipinski definition) is 4. The Morgan fingerprint density at radius 1 is 1.41 bits per heavy atom. The normalized spacial score (nSPS) is 9.94. The molecular formula is C10H12FN3O3. The summed E-state index contributed by atoms with van der Waals surface area (Å²) in [4.78, 5) is 26.1. The molecule has 0 atom stereocenters. The Balaban J connectivity index is 2.27. The van der Waals surface area contributed by atoms with Crippen molar-refractivity contribution >= 4 is 17.5 Å². The maximum Gasteiger partial charge on any atom is 0.245 e. The fraction of sp³-hybridized carbons (Fsp3) is 0.200. The van der Waals surface area contributed by atoms with Crippen LogP contribution in [0.3, 0.4) is 0 Å². The van der Waals surface area contributed by atoms with Crippen molar-refractivity contribution in [3.63, 3.8) is 0 Å². The van der Waals surface area contributed by atoms with Crippen molar-refractivity contribution in [1.82, 2.24) is 5.48 Å². The summed E-state index contributed by atoms with van der Waals surface area (Å²) in [6.45, 7) is -0.503. The van der Waals surface area contributed by atoms with E-state index in [1.54, 1.807) is 6.07 Å². The van der Waals surface area contributed by atoms with Gasteiger partial charge in [0.1, 0.15) is 19.0 Å². The molecule has 0 radical (unpaired) electrons. The molecule has 1 aromatic carbocycles. The van der Waals surface area contributed by atoms with Crippen LogP contribution in [-0.2, 0) is 14.4 Å². The number of benzene rings is 1. The minimum Gasteiger partial charge on any atom is -0.368 e. The lowest BCUT2D eigenvalue weighted by Gasteiger charge is -2.06. The second kappa shape index (κ2) is 6.56. The molecule has 0 aliphatic heterocycles. The smallest absolute Gasteiger partial charge is 0.245 e. The number of carbonyl (C=O) groups excluding carboxylic acids is 2. The SMILES string of the molecule is NC(=O)CONCC(=O)Nc1cccc(F)c1. The van der Waals surface area contributed by atoms with Crippen LogP contribution in [-0.4, -0.2) is 25.0 Å².